The Morgan fingerprint density at radius 2 is 1.92 bits per heavy atom. The largest absolute Gasteiger partial charge is 0.349 e. The molecule has 5 N–H and O–H groups in total. The summed E-state index contributed by atoms with van der Waals surface area (Å²) in [5, 5.41) is 8.27. The van der Waals surface area contributed by atoms with Gasteiger partial charge in [0.2, 0.25) is 11.8 Å². The maximum Gasteiger partial charge on any atom is 0.253 e. The zero-order chi connectivity index (χ0) is 18.6. The molecule has 144 valence electrons. The Balaban J connectivity index is 0.00000338. The molecular formula is C17H24Cl2N4O3. The first-order valence-electron chi connectivity index (χ1n) is 8.21. The molecule has 1 atom stereocenters. The summed E-state index contributed by atoms with van der Waals surface area (Å²) >= 11 is 6.05. The van der Waals surface area contributed by atoms with Crippen LogP contribution in [0, 0.1) is 5.92 Å². The zero-order valence-electron chi connectivity index (χ0n) is 14.7. The van der Waals surface area contributed by atoms with Crippen molar-refractivity contribution in [3.8, 4) is 0 Å². The average molecular weight is 403 g/mol. The van der Waals surface area contributed by atoms with Crippen LogP contribution in [0.2, 0.25) is 5.02 Å². The van der Waals surface area contributed by atoms with E-state index in [9.17, 15) is 14.4 Å². The Morgan fingerprint density at radius 1 is 1.27 bits per heavy atom. The average Bonchev–Trinajstić information content (AvgIpc) is 3.37. The van der Waals surface area contributed by atoms with Crippen LogP contribution in [0.1, 0.15) is 37.0 Å². The molecule has 0 spiro atoms. The van der Waals surface area contributed by atoms with Crippen molar-refractivity contribution >= 4 is 47.4 Å². The summed E-state index contributed by atoms with van der Waals surface area (Å²) in [6.45, 7) is 3.45. The molecule has 1 aromatic rings. The number of nitrogens with one attached hydrogen (secondary N) is 3. The number of halogens is 2. The van der Waals surface area contributed by atoms with Gasteiger partial charge in [0.25, 0.3) is 5.91 Å². The van der Waals surface area contributed by atoms with Crippen molar-refractivity contribution in [2.75, 3.05) is 11.9 Å². The van der Waals surface area contributed by atoms with Crippen molar-refractivity contribution in [2.24, 2.45) is 11.7 Å². The minimum atomic E-state index is -0.666. The maximum atomic E-state index is 12.1. The van der Waals surface area contributed by atoms with E-state index in [4.69, 9.17) is 17.3 Å². The SMILES string of the molecule is CC(C)[C@H](N)C(=O)NCC(=O)Nc1ccc(Cl)c(C(=O)NC2CC2)c1.Cl. The third-order valence-electron chi connectivity index (χ3n) is 3.85. The molecular weight excluding hydrogens is 379 g/mol. The third kappa shape index (κ3) is 6.48. The molecule has 0 bridgehead atoms. The summed E-state index contributed by atoms with van der Waals surface area (Å²) in [5.74, 6) is -1.09. The molecule has 9 heteroatoms. The van der Waals surface area contributed by atoms with E-state index >= 15 is 0 Å². The molecule has 26 heavy (non-hydrogen) atoms. The van der Waals surface area contributed by atoms with Crippen LogP contribution in [0.4, 0.5) is 5.69 Å². The Hall–Kier alpha value is -1.83. The number of nitrogens with two attached hydrogens (primary N) is 1. The molecule has 1 aliphatic carbocycles. The van der Waals surface area contributed by atoms with E-state index in [0.717, 1.165) is 12.8 Å². The third-order valence-corrected chi connectivity index (χ3v) is 4.18. The first-order valence-corrected chi connectivity index (χ1v) is 8.59. The number of carbonyl (C=O) groups is 3. The Morgan fingerprint density at radius 3 is 2.50 bits per heavy atom. The highest BCUT2D eigenvalue weighted by atomic mass is 35.5. The first kappa shape index (κ1) is 22.2. The van der Waals surface area contributed by atoms with Crippen molar-refractivity contribution in [3.05, 3.63) is 28.8 Å². The van der Waals surface area contributed by atoms with E-state index in [-0.39, 0.29) is 42.7 Å². The summed E-state index contributed by atoms with van der Waals surface area (Å²) in [6.07, 6.45) is 1.94. The number of benzene rings is 1. The Labute approximate surface area is 163 Å². The lowest BCUT2D eigenvalue weighted by molar-refractivity contribution is -0.125. The molecule has 0 saturated heterocycles. The van der Waals surface area contributed by atoms with Crippen LogP contribution in [0.3, 0.4) is 0 Å². The molecule has 0 radical (unpaired) electrons. The highest BCUT2D eigenvalue weighted by Crippen LogP contribution is 2.23. The predicted octanol–water partition coefficient (Wildman–Crippen LogP) is 1.69. The van der Waals surface area contributed by atoms with Gasteiger partial charge in [-0.1, -0.05) is 25.4 Å². The highest BCUT2D eigenvalue weighted by molar-refractivity contribution is 6.34. The topological polar surface area (TPSA) is 113 Å². The lowest BCUT2D eigenvalue weighted by Crippen LogP contribution is -2.46. The van der Waals surface area contributed by atoms with Gasteiger partial charge in [0.1, 0.15) is 0 Å². The summed E-state index contributed by atoms with van der Waals surface area (Å²) in [7, 11) is 0. The van der Waals surface area contributed by atoms with E-state index in [1.807, 2.05) is 13.8 Å². The summed E-state index contributed by atoms with van der Waals surface area (Å²) in [6, 6.07) is 4.20. The van der Waals surface area contributed by atoms with Crippen molar-refractivity contribution in [1.29, 1.82) is 0 Å². The summed E-state index contributed by atoms with van der Waals surface area (Å²) < 4.78 is 0. The van der Waals surface area contributed by atoms with E-state index < -0.39 is 11.9 Å². The first-order chi connectivity index (χ1) is 11.8. The van der Waals surface area contributed by atoms with Crippen molar-refractivity contribution in [3.63, 3.8) is 0 Å². The molecule has 2 rings (SSSR count). The molecule has 0 aliphatic heterocycles. The van der Waals surface area contributed by atoms with Crippen LogP contribution >= 0.6 is 24.0 Å². The molecule has 0 heterocycles. The van der Waals surface area contributed by atoms with E-state index in [1.54, 1.807) is 12.1 Å². The van der Waals surface area contributed by atoms with Crippen LogP contribution in [0.5, 0.6) is 0 Å². The van der Waals surface area contributed by atoms with E-state index in [1.165, 1.54) is 6.07 Å². The zero-order valence-corrected chi connectivity index (χ0v) is 16.2. The van der Waals surface area contributed by atoms with Crippen molar-refractivity contribution in [1.82, 2.24) is 10.6 Å². The number of rotatable bonds is 7. The highest BCUT2D eigenvalue weighted by Gasteiger charge is 2.25. The van der Waals surface area contributed by atoms with E-state index in [2.05, 4.69) is 16.0 Å². The lowest BCUT2D eigenvalue weighted by atomic mass is 10.1. The fourth-order valence-electron chi connectivity index (χ4n) is 2.06. The number of anilines is 1. The van der Waals surface area contributed by atoms with Gasteiger partial charge in [-0.05, 0) is 37.0 Å². The van der Waals surface area contributed by atoms with Gasteiger partial charge in [-0.25, -0.2) is 0 Å². The lowest BCUT2D eigenvalue weighted by Gasteiger charge is -2.15. The number of amides is 3. The molecule has 0 aromatic heterocycles. The Kier molecular flexibility index (Phi) is 8.33. The van der Waals surface area contributed by atoms with Crippen molar-refractivity contribution < 1.29 is 14.4 Å². The van der Waals surface area contributed by atoms with E-state index in [0.29, 0.717) is 16.3 Å². The molecule has 1 fully saturated rings. The maximum absolute atomic E-state index is 12.1. The number of hydrogen-bond acceptors (Lipinski definition) is 4. The second-order valence-corrected chi connectivity index (χ2v) is 6.89. The molecule has 1 aliphatic rings. The standard InChI is InChI=1S/C17H23ClN4O3.ClH/c1-9(2)15(19)17(25)20-8-14(23)21-11-5-6-13(18)12(7-11)16(24)22-10-3-4-10;/h5-7,9-10,15H,3-4,8,19H2,1-2H3,(H,20,25)(H,21,23)(H,22,24);1H/t15-;/m0./s1. The van der Waals surface area contributed by atoms with Gasteiger partial charge in [0, 0.05) is 11.7 Å². The fraction of sp³-hybridized carbons (Fsp3) is 0.471. The minimum Gasteiger partial charge on any atom is -0.349 e. The second kappa shape index (κ2) is 9.75. The normalized spacial score (nSPS) is 14.2. The smallest absolute Gasteiger partial charge is 0.253 e. The van der Waals surface area contributed by atoms with Gasteiger partial charge in [0.05, 0.1) is 23.2 Å². The van der Waals surface area contributed by atoms with Crippen LogP contribution in [-0.4, -0.2) is 36.3 Å². The molecule has 1 aromatic carbocycles. The van der Waals surface area contributed by atoms with Gasteiger partial charge < -0.3 is 21.7 Å². The molecule has 1 saturated carbocycles. The van der Waals surface area contributed by atoms with Crippen LogP contribution in [0.15, 0.2) is 18.2 Å². The fourth-order valence-corrected chi connectivity index (χ4v) is 2.26. The minimum absolute atomic E-state index is 0. The van der Waals surface area contributed by atoms with Gasteiger partial charge in [-0.2, -0.15) is 0 Å². The van der Waals surface area contributed by atoms with Crippen LogP contribution in [0.25, 0.3) is 0 Å². The van der Waals surface area contributed by atoms with Gasteiger partial charge in [-0.3, -0.25) is 14.4 Å². The molecule has 3 amide bonds. The summed E-state index contributed by atoms with van der Waals surface area (Å²) in [5.41, 5.74) is 6.44. The van der Waals surface area contributed by atoms with Gasteiger partial charge in [-0.15, -0.1) is 12.4 Å². The molecule has 7 nitrogen and oxygen atoms in total. The molecule has 0 unspecified atom stereocenters. The Bertz CT molecular complexity index is 678. The van der Waals surface area contributed by atoms with Gasteiger partial charge >= 0.3 is 0 Å². The number of carbonyl (C=O) groups excluding carboxylic acids is 3. The second-order valence-electron chi connectivity index (χ2n) is 6.48. The van der Waals surface area contributed by atoms with Gasteiger partial charge in [0.15, 0.2) is 0 Å². The van der Waals surface area contributed by atoms with Crippen molar-refractivity contribution in [2.45, 2.75) is 38.8 Å². The number of hydrogen-bond donors (Lipinski definition) is 4. The summed E-state index contributed by atoms with van der Waals surface area (Å²) in [4.78, 5) is 35.8. The monoisotopic (exact) mass is 402 g/mol. The van der Waals surface area contributed by atoms with Crippen LogP contribution in [-0.2, 0) is 9.59 Å². The predicted molar refractivity (Wildman–Crippen MR) is 104 cm³/mol. The quantitative estimate of drug-likeness (QED) is 0.555. The van der Waals surface area contributed by atoms with Crippen LogP contribution < -0.4 is 21.7 Å².